The molecule has 3 aromatic rings. The molecule has 4 atom stereocenters. The minimum atomic E-state index is -1.26. The molecular formula is C23H22ClN5O5. The monoisotopic (exact) mass is 483 g/mol. The first-order chi connectivity index (χ1) is 16.3. The highest BCUT2D eigenvalue weighted by Crippen LogP contribution is 2.33. The number of nitrogens with zero attached hydrogens (tertiary/aromatic N) is 4. The van der Waals surface area contributed by atoms with E-state index in [1.165, 1.54) is 18.2 Å². The van der Waals surface area contributed by atoms with Gasteiger partial charge < -0.3 is 30.2 Å². The van der Waals surface area contributed by atoms with Gasteiger partial charge in [-0.1, -0.05) is 29.5 Å². The van der Waals surface area contributed by atoms with Crippen LogP contribution in [0.2, 0.25) is 5.15 Å². The normalized spacial score (nSPS) is 21.8. The molecule has 0 bridgehead atoms. The number of ether oxygens (including phenoxy) is 1. The molecule has 3 heterocycles. The van der Waals surface area contributed by atoms with Crippen LogP contribution in [0.5, 0.6) is 0 Å². The van der Waals surface area contributed by atoms with Gasteiger partial charge >= 0.3 is 0 Å². The summed E-state index contributed by atoms with van der Waals surface area (Å²) in [5.41, 5.74) is 6.65. The highest BCUT2D eigenvalue weighted by Gasteiger charge is 2.44. The van der Waals surface area contributed by atoms with Crippen molar-refractivity contribution in [3.8, 4) is 11.8 Å². The highest BCUT2D eigenvalue weighted by molar-refractivity contribution is 6.33. The molecule has 176 valence electrons. The van der Waals surface area contributed by atoms with E-state index in [2.05, 4.69) is 21.8 Å². The number of fused-ring (bicyclic) bond motifs is 1. The van der Waals surface area contributed by atoms with Gasteiger partial charge in [-0.2, -0.15) is 0 Å². The van der Waals surface area contributed by atoms with Crippen molar-refractivity contribution >= 4 is 34.4 Å². The molecule has 2 amide bonds. The lowest BCUT2D eigenvalue weighted by Crippen LogP contribution is -2.42. The van der Waals surface area contributed by atoms with Gasteiger partial charge in [0.15, 0.2) is 6.23 Å². The summed E-state index contributed by atoms with van der Waals surface area (Å²) in [4.78, 5) is 33.0. The van der Waals surface area contributed by atoms with Crippen molar-refractivity contribution < 1.29 is 24.5 Å². The molecule has 2 aromatic heterocycles. The summed E-state index contributed by atoms with van der Waals surface area (Å²) in [6, 6.07) is 8.23. The third-order valence-electron chi connectivity index (χ3n) is 5.57. The number of aliphatic hydroxyl groups excluding tert-OH is 2. The molecule has 0 radical (unpaired) electrons. The molecule has 11 heteroatoms. The molecule has 1 aliphatic rings. The molecule has 1 aromatic carbocycles. The van der Waals surface area contributed by atoms with Gasteiger partial charge in [-0.05, 0) is 24.3 Å². The molecule has 0 spiro atoms. The third kappa shape index (κ3) is 4.73. The Bertz CT molecular complexity index is 1300. The Morgan fingerprint density at radius 1 is 1.26 bits per heavy atom. The number of carbonyl (C=O) groups is 2. The number of hydrogen-bond acceptors (Lipinski definition) is 7. The number of benzene rings is 1. The van der Waals surface area contributed by atoms with E-state index in [4.69, 9.17) is 22.1 Å². The van der Waals surface area contributed by atoms with Gasteiger partial charge in [0.25, 0.3) is 0 Å². The molecule has 1 aliphatic heterocycles. The summed E-state index contributed by atoms with van der Waals surface area (Å²) >= 11 is 6.09. The second kappa shape index (κ2) is 9.79. The van der Waals surface area contributed by atoms with Gasteiger partial charge in [0, 0.05) is 24.2 Å². The van der Waals surface area contributed by atoms with Gasteiger partial charge in [0.2, 0.25) is 11.8 Å². The standard InChI is InChI=1S/C23H22ClN5O5/c1-13(30)28(8-3-5-14-4-2-6-15(10-14)21(25)33)11-17-18(31)19(32)23(34-17)29-9-7-16-20(24)26-12-27-22(16)29/h2,4,6-7,9-10,12,17-19,23,31-32H,8,11H2,1H3,(H2,25,33)/t17-,18?,19+,23-/m1/s1. The number of rotatable bonds is 5. The molecule has 0 aliphatic carbocycles. The second-order valence-electron chi connectivity index (χ2n) is 7.82. The van der Waals surface area contributed by atoms with Crippen LogP contribution < -0.4 is 5.73 Å². The number of hydrogen-bond donors (Lipinski definition) is 3. The Balaban J connectivity index is 1.48. The molecule has 1 fully saturated rings. The Morgan fingerprint density at radius 2 is 2.06 bits per heavy atom. The van der Waals surface area contributed by atoms with E-state index in [-0.39, 0.29) is 24.1 Å². The van der Waals surface area contributed by atoms with Crippen molar-refractivity contribution in [2.75, 3.05) is 13.1 Å². The molecule has 0 saturated carbocycles. The smallest absolute Gasteiger partial charge is 0.248 e. The van der Waals surface area contributed by atoms with E-state index in [0.29, 0.717) is 22.2 Å². The van der Waals surface area contributed by atoms with Crippen LogP contribution in [-0.2, 0) is 9.53 Å². The van der Waals surface area contributed by atoms with Crippen molar-refractivity contribution in [2.45, 2.75) is 31.5 Å². The maximum atomic E-state index is 12.2. The fourth-order valence-corrected chi connectivity index (χ4v) is 3.96. The quantitative estimate of drug-likeness (QED) is 0.358. The lowest BCUT2D eigenvalue weighted by atomic mass is 10.1. The maximum absolute atomic E-state index is 12.2. The molecule has 4 N–H and O–H groups in total. The Labute approximate surface area is 199 Å². The number of primary amides is 1. The van der Waals surface area contributed by atoms with Crippen LogP contribution in [0.15, 0.2) is 42.9 Å². The van der Waals surface area contributed by atoms with Crippen molar-refractivity contribution in [3.63, 3.8) is 0 Å². The topological polar surface area (TPSA) is 144 Å². The fourth-order valence-electron chi connectivity index (χ4n) is 3.76. The van der Waals surface area contributed by atoms with E-state index < -0.39 is 30.4 Å². The molecule has 1 saturated heterocycles. The number of aromatic nitrogens is 3. The SMILES string of the molecule is CC(=O)N(CC#Cc1cccc(C(N)=O)c1)C[C@H]1O[C@@H](n2ccc3c(Cl)ncnc32)[C@@H](O)C1O. The van der Waals surface area contributed by atoms with E-state index >= 15 is 0 Å². The largest absolute Gasteiger partial charge is 0.387 e. The van der Waals surface area contributed by atoms with Crippen LogP contribution >= 0.6 is 11.6 Å². The minimum Gasteiger partial charge on any atom is -0.387 e. The zero-order valence-corrected chi connectivity index (χ0v) is 18.9. The van der Waals surface area contributed by atoms with Gasteiger partial charge in [0.05, 0.1) is 18.5 Å². The Kier molecular flexibility index (Phi) is 6.81. The minimum absolute atomic E-state index is 0.00894. The molecule has 34 heavy (non-hydrogen) atoms. The van der Waals surface area contributed by atoms with Crippen LogP contribution in [0.25, 0.3) is 11.0 Å². The zero-order valence-electron chi connectivity index (χ0n) is 18.1. The predicted octanol–water partition coefficient (Wildman–Crippen LogP) is 0.703. The van der Waals surface area contributed by atoms with E-state index in [0.717, 1.165) is 0 Å². The number of carbonyl (C=O) groups excluding carboxylic acids is 2. The second-order valence-corrected chi connectivity index (χ2v) is 8.18. The van der Waals surface area contributed by atoms with Crippen molar-refractivity contribution in [3.05, 3.63) is 59.1 Å². The van der Waals surface area contributed by atoms with Crippen LogP contribution in [0, 0.1) is 11.8 Å². The van der Waals surface area contributed by atoms with Crippen LogP contribution in [-0.4, -0.2) is 72.9 Å². The Hall–Kier alpha value is -3.49. The number of halogens is 1. The summed E-state index contributed by atoms with van der Waals surface area (Å²) in [5.74, 6) is 4.94. The number of aliphatic hydroxyl groups is 2. The number of nitrogens with two attached hydrogens (primary N) is 1. The van der Waals surface area contributed by atoms with Crippen LogP contribution in [0.4, 0.5) is 0 Å². The van der Waals surface area contributed by atoms with Crippen LogP contribution in [0.3, 0.4) is 0 Å². The van der Waals surface area contributed by atoms with Crippen molar-refractivity contribution in [1.82, 2.24) is 19.4 Å². The first kappa shape index (κ1) is 23.7. The zero-order chi connectivity index (χ0) is 24.4. The van der Waals surface area contributed by atoms with Gasteiger partial charge in [0.1, 0.15) is 35.4 Å². The molecule has 4 rings (SSSR count). The first-order valence-corrected chi connectivity index (χ1v) is 10.8. The third-order valence-corrected chi connectivity index (χ3v) is 5.87. The first-order valence-electron chi connectivity index (χ1n) is 10.4. The highest BCUT2D eigenvalue weighted by atomic mass is 35.5. The predicted molar refractivity (Wildman–Crippen MR) is 123 cm³/mol. The summed E-state index contributed by atoms with van der Waals surface area (Å²) in [6.07, 6.45) is -1.36. The summed E-state index contributed by atoms with van der Waals surface area (Å²) < 4.78 is 7.50. The van der Waals surface area contributed by atoms with Crippen LogP contribution in [0.1, 0.15) is 29.1 Å². The molecule has 10 nitrogen and oxygen atoms in total. The summed E-state index contributed by atoms with van der Waals surface area (Å²) in [7, 11) is 0. The molecular weight excluding hydrogens is 462 g/mol. The maximum Gasteiger partial charge on any atom is 0.248 e. The average Bonchev–Trinajstić information content (AvgIpc) is 3.35. The van der Waals surface area contributed by atoms with Crippen molar-refractivity contribution in [2.24, 2.45) is 5.73 Å². The van der Waals surface area contributed by atoms with Gasteiger partial charge in [-0.3, -0.25) is 9.59 Å². The lowest BCUT2D eigenvalue weighted by molar-refractivity contribution is -0.131. The van der Waals surface area contributed by atoms with E-state index in [1.54, 1.807) is 41.1 Å². The summed E-state index contributed by atoms with van der Waals surface area (Å²) in [6.45, 7) is 1.44. The fraction of sp³-hybridized carbons (Fsp3) is 0.304. The van der Waals surface area contributed by atoms with Gasteiger partial charge in [-0.25, -0.2) is 9.97 Å². The van der Waals surface area contributed by atoms with E-state index in [1.807, 2.05) is 0 Å². The van der Waals surface area contributed by atoms with Gasteiger partial charge in [-0.15, -0.1) is 0 Å². The Morgan fingerprint density at radius 3 is 2.79 bits per heavy atom. The van der Waals surface area contributed by atoms with E-state index in [9.17, 15) is 19.8 Å². The lowest BCUT2D eigenvalue weighted by Gasteiger charge is -2.24. The number of amides is 2. The van der Waals surface area contributed by atoms with Crippen molar-refractivity contribution in [1.29, 1.82) is 0 Å². The summed E-state index contributed by atoms with van der Waals surface area (Å²) in [5, 5.41) is 22.1. The average molecular weight is 484 g/mol. The molecule has 1 unspecified atom stereocenters.